The zero-order valence-electron chi connectivity index (χ0n) is 10.3. The van der Waals surface area contributed by atoms with E-state index in [0.717, 1.165) is 5.56 Å². The number of ether oxygens (including phenoxy) is 1. The van der Waals surface area contributed by atoms with Crippen LogP contribution in [-0.4, -0.2) is 11.8 Å². The fraction of sp³-hybridized carbons (Fsp3) is 0.286. The number of rotatable bonds is 4. The van der Waals surface area contributed by atoms with E-state index in [4.69, 9.17) is 4.74 Å². The first-order chi connectivity index (χ1) is 8.00. The lowest BCUT2D eigenvalue weighted by Gasteiger charge is -2.11. The van der Waals surface area contributed by atoms with E-state index in [1.54, 1.807) is 13.0 Å². The summed E-state index contributed by atoms with van der Waals surface area (Å²) in [5.74, 6) is -0.283. The highest BCUT2D eigenvalue weighted by atomic mass is 16.5. The Kier molecular flexibility index (Phi) is 4.64. The number of hydrogen-bond donors (Lipinski definition) is 0. The van der Waals surface area contributed by atoms with Gasteiger partial charge in [0.15, 0.2) is 0 Å². The Balaban J connectivity index is 2.96. The minimum absolute atomic E-state index is 0.0164. The summed E-state index contributed by atoms with van der Waals surface area (Å²) in [5, 5.41) is 0. The van der Waals surface area contributed by atoms with Gasteiger partial charge in [0.1, 0.15) is 11.5 Å². The topological polar surface area (TPSA) is 43.4 Å². The largest absolute Gasteiger partial charge is 0.432 e. The lowest BCUT2D eigenvalue weighted by atomic mass is 9.95. The number of esters is 1. The van der Waals surface area contributed by atoms with E-state index in [1.807, 2.05) is 30.3 Å². The van der Waals surface area contributed by atoms with E-state index >= 15 is 0 Å². The van der Waals surface area contributed by atoms with Gasteiger partial charge in [-0.1, -0.05) is 30.3 Å². The molecule has 1 atom stereocenters. The van der Waals surface area contributed by atoms with Crippen LogP contribution in [0.2, 0.25) is 0 Å². The maximum atomic E-state index is 11.6. The number of allylic oxidation sites excluding steroid dienone is 2. The smallest absolute Gasteiger partial charge is 0.307 e. The molecule has 0 aliphatic carbocycles. The molecule has 0 aliphatic rings. The van der Waals surface area contributed by atoms with Gasteiger partial charge in [0, 0.05) is 6.92 Å². The van der Waals surface area contributed by atoms with Crippen LogP contribution in [0.3, 0.4) is 0 Å². The zero-order chi connectivity index (χ0) is 12.8. The van der Waals surface area contributed by atoms with Gasteiger partial charge < -0.3 is 4.74 Å². The first kappa shape index (κ1) is 13.2. The van der Waals surface area contributed by atoms with E-state index in [0.29, 0.717) is 5.76 Å². The predicted octanol–water partition coefficient (Wildman–Crippen LogP) is 2.83. The lowest BCUT2D eigenvalue weighted by Crippen LogP contribution is -2.08. The summed E-state index contributed by atoms with van der Waals surface area (Å²) in [4.78, 5) is 22.4. The van der Waals surface area contributed by atoms with Crippen molar-refractivity contribution in [2.75, 3.05) is 0 Å². The van der Waals surface area contributed by atoms with Crippen LogP contribution in [0, 0.1) is 0 Å². The highest BCUT2D eigenvalue weighted by Crippen LogP contribution is 2.20. The molecule has 0 spiro atoms. The van der Waals surface area contributed by atoms with E-state index < -0.39 is 0 Å². The van der Waals surface area contributed by atoms with Crippen molar-refractivity contribution < 1.29 is 14.3 Å². The molecule has 0 saturated heterocycles. The maximum absolute atomic E-state index is 11.6. The van der Waals surface area contributed by atoms with Crippen LogP contribution in [0.25, 0.3) is 0 Å². The van der Waals surface area contributed by atoms with Crippen molar-refractivity contribution in [3.8, 4) is 0 Å². The number of carbonyl (C=O) groups excluding carboxylic acids is 2. The third kappa shape index (κ3) is 4.23. The molecule has 0 fully saturated rings. The quantitative estimate of drug-likeness (QED) is 0.592. The van der Waals surface area contributed by atoms with Gasteiger partial charge in [0.05, 0.1) is 5.92 Å². The summed E-state index contributed by atoms with van der Waals surface area (Å²) in [6.07, 6.45) is 1.67. The highest BCUT2D eigenvalue weighted by Gasteiger charge is 2.14. The molecule has 17 heavy (non-hydrogen) atoms. The second kappa shape index (κ2) is 5.99. The van der Waals surface area contributed by atoms with Gasteiger partial charge >= 0.3 is 5.97 Å². The fourth-order valence-corrected chi connectivity index (χ4v) is 1.60. The Morgan fingerprint density at radius 1 is 1.12 bits per heavy atom. The van der Waals surface area contributed by atoms with Gasteiger partial charge in [-0.25, -0.2) is 0 Å². The highest BCUT2D eigenvalue weighted by molar-refractivity contribution is 5.85. The molecular weight excluding hydrogens is 216 g/mol. The molecular formula is C14H16O3. The lowest BCUT2D eigenvalue weighted by molar-refractivity contribution is -0.136. The van der Waals surface area contributed by atoms with Gasteiger partial charge in [-0.2, -0.15) is 0 Å². The molecule has 0 N–H and O–H groups in total. The molecule has 3 heteroatoms. The molecule has 0 heterocycles. The Hall–Kier alpha value is -1.90. The van der Waals surface area contributed by atoms with Crippen molar-refractivity contribution in [1.82, 2.24) is 0 Å². The average Bonchev–Trinajstić information content (AvgIpc) is 2.25. The first-order valence-electron chi connectivity index (χ1n) is 5.43. The van der Waals surface area contributed by atoms with E-state index in [2.05, 4.69) is 0 Å². The summed E-state index contributed by atoms with van der Waals surface area (Å²) < 4.78 is 4.92. The third-order valence-electron chi connectivity index (χ3n) is 2.30. The molecule has 0 saturated carbocycles. The molecule has 0 aromatic heterocycles. The Morgan fingerprint density at radius 3 is 2.18 bits per heavy atom. The minimum atomic E-state index is -0.380. The fourth-order valence-electron chi connectivity index (χ4n) is 1.60. The summed E-state index contributed by atoms with van der Waals surface area (Å²) >= 11 is 0. The third-order valence-corrected chi connectivity index (χ3v) is 2.30. The molecule has 0 bridgehead atoms. The number of benzene rings is 1. The van der Waals surface area contributed by atoms with Crippen molar-refractivity contribution in [2.24, 2.45) is 0 Å². The normalized spacial score (nSPS) is 13.0. The summed E-state index contributed by atoms with van der Waals surface area (Å²) in [6, 6.07) is 9.40. The number of carbonyl (C=O) groups is 2. The summed E-state index contributed by atoms with van der Waals surface area (Å²) in [7, 11) is 0. The van der Waals surface area contributed by atoms with Crippen molar-refractivity contribution in [2.45, 2.75) is 26.7 Å². The number of hydrogen-bond acceptors (Lipinski definition) is 3. The SMILES string of the molecule is CC(=O)O/C(C)=C\C(C(C)=O)c1ccccc1. The van der Waals surface area contributed by atoms with Crippen LogP contribution in [0.15, 0.2) is 42.2 Å². The Morgan fingerprint density at radius 2 is 1.71 bits per heavy atom. The van der Waals surface area contributed by atoms with Crippen molar-refractivity contribution in [3.05, 3.63) is 47.7 Å². The summed E-state index contributed by atoms with van der Waals surface area (Å²) in [5.41, 5.74) is 0.895. The van der Waals surface area contributed by atoms with Gasteiger partial charge in [0.2, 0.25) is 0 Å². The van der Waals surface area contributed by atoms with Crippen LogP contribution in [0.4, 0.5) is 0 Å². The van der Waals surface area contributed by atoms with E-state index in [9.17, 15) is 9.59 Å². The molecule has 0 amide bonds. The van der Waals surface area contributed by atoms with Crippen molar-refractivity contribution >= 4 is 11.8 Å². The van der Waals surface area contributed by atoms with Gasteiger partial charge in [-0.3, -0.25) is 9.59 Å². The van der Waals surface area contributed by atoms with Crippen LogP contribution in [0.5, 0.6) is 0 Å². The average molecular weight is 232 g/mol. The van der Waals surface area contributed by atoms with E-state index in [-0.39, 0.29) is 17.7 Å². The second-order valence-electron chi connectivity index (χ2n) is 3.87. The maximum Gasteiger partial charge on any atom is 0.307 e. The van der Waals surface area contributed by atoms with Crippen LogP contribution in [0.1, 0.15) is 32.3 Å². The van der Waals surface area contributed by atoms with Crippen LogP contribution in [-0.2, 0) is 14.3 Å². The van der Waals surface area contributed by atoms with Crippen molar-refractivity contribution in [3.63, 3.8) is 0 Å². The zero-order valence-corrected chi connectivity index (χ0v) is 10.3. The molecule has 3 nitrogen and oxygen atoms in total. The number of Topliss-reactive ketones (excluding diaryl/α,β-unsaturated/α-hetero) is 1. The van der Waals surface area contributed by atoms with Gasteiger partial charge in [-0.15, -0.1) is 0 Å². The monoisotopic (exact) mass is 232 g/mol. The number of ketones is 1. The predicted molar refractivity (Wildman–Crippen MR) is 65.4 cm³/mol. The molecule has 1 aromatic carbocycles. The molecule has 1 rings (SSSR count). The van der Waals surface area contributed by atoms with Gasteiger partial charge in [-0.05, 0) is 25.5 Å². The van der Waals surface area contributed by atoms with Crippen LogP contribution >= 0.6 is 0 Å². The Bertz CT molecular complexity index is 432. The molecule has 0 radical (unpaired) electrons. The minimum Gasteiger partial charge on any atom is -0.432 e. The molecule has 90 valence electrons. The van der Waals surface area contributed by atoms with Crippen molar-refractivity contribution in [1.29, 1.82) is 0 Å². The molecule has 1 aromatic rings. The molecule has 0 aliphatic heterocycles. The van der Waals surface area contributed by atoms with Crippen LogP contribution < -0.4 is 0 Å². The Labute approximate surface area is 101 Å². The second-order valence-corrected chi connectivity index (χ2v) is 3.87. The van der Waals surface area contributed by atoms with Gasteiger partial charge in [0.25, 0.3) is 0 Å². The van der Waals surface area contributed by atoms with E-state index in [1.165, 1.54) is 13.8 Å². The first-order valence-corrected chi connectivity index (χ1v) is 5.43. The summed E-state index contributed by atoms with van der Waals surface area (Å²) in [6.45, 7) is 4.53. The molecule has 1 unspecified atom stereocenters. The standard InChI is InChI=1S/C14H16O3/c1-10(17-12(3)16)9-14(11(2)15)13-7-5-4-6-8-13/h4-9,14H,1-3H3/b10-9-.